The second-order valence-electron chi connectivity index (χ2n) is 6.58. The molecule has 0 aliphatic rings. The van der Waals surface area contributed by atoms with Gasteiger partial charge in [-0.3, -0.25) is 4.79 Å². The molecular formula is C22H20ClN5O2. The molecule has 0 saturated carbocycles. The summed E-state index contributed by atoms with van der Waals surface area (Å²) >= 11 is 6.41. The van der Waals surface area contributed by atoms with Gasteiger partial charge in [-0.25, -0.2) is 9.97 Å². The van der Waals surface area contributed by atoms with Crippen molar-refractivity contribution >= 4 is 45.7 Å². The van der Waals surface area contributed by atoms with Gasteiger partial charge in [-0.2, -0.15) is 0 Å². The van der Waals surface area contributed by atoms with Gasteiger partial charge in [0.1, 0.15) is 5.75 Å². The number of benzene rings is 2. The van der Waals surface area contributed by atoms with Gasteiger partial charge in [0.15, 0.2) is 0 Å². The van der Waals surface area contributed by atoms with Crippen molar-refractivity contribution < 1.29 is 9.53 Å². The number of aromatic amines is 1. The summed E-state index contributed by atoms with van der Waals surface area (Å²) < 4.78 is 5.43. The molecule has 0 fully saturated rings. The highest BCUT2D eigenvalue weighted by Gasteiger charge is 2.14. The molecule has 2 aromatic heterocycles. The first-order chi connectivity index (χ1) is 14.6. The maximum atomic E-state index is 11.7. The lowest BCUT2D eigenvalue weighted by molar-refractivity contribution is -0.115. The molecule has 3 N–H and O–H groups in total. The average molecular weight is 422 g/mol. The summed E-state index contributed by atoms with van der Waals surface area (Å²) in [5.41, 5.74) is 3.77. The first kappa shape index (κ1) is 19.7. The third kappa shape index (κ3) is 3.92. The molecule has 0 aliphatic heterocycles. The molecule has 4 aromatic rings. The first-order valence-electron chi connectivity index (χ1n) is 9.43. The number of anilines is 3. The van der Waals surface area contributed by atoms with Crippen LogP contribution in [0.3, 0.4) is 0 Å². The van der Waals surface area contributed by atoms with Crippen LogP contribution in [0.2, 0.25) is 5.02 Å². The third-order valence-electron chi connectivity index (χ3n) is 4.64. The molecular weight excluding hydrogens is 402 g/mol. The normalized spacial score (nSPS) is 10.8. The van der Waals surface area contributed by atoms with E-state index in [1.807, 2.05) is 30.5 Å². The van der Waals surface area contributed by atoms with Gasteiger partial charge in [-0.1, -0.05) is 36.7 Å². The van der Waals surface area contributed by atoms with Gasteiger partial charge >= 0.3 is 0 Å². The quantitative estimate of drug-likeness (QED) is 0.388. The summed E-state index contributed by atoms with van der Waals surface area (Å²) in [5.74, 6) is 0.879. The number of aromatic nitrogens is 3. The topological polar surface area (TPSA) is 91.9 Å². The minimum absolute atomic E-state index is 0.0736. The molecule has 0 bridgehead atoms. The lowest BCUT2D eigenvalue weighted by Crippen LogP contribution is -2.10. The zero-order valence-electron chi connectivity index (χ0n) is 16.5. The second-order valence-corrected chi connectivity index (χ2v) is 6.99. The van der Waals surface area contributed by atoms with Crippen molar-refractivity contribution in [2.24, 2.45) is 0 Å². The van der Waals surface area contributed by atoms with Crippen molar-refractivity contribution in [1.82, 2.24) is 15.0 Å². The Morgan fingerprint density at radius 2 is 2.07 bits per heavy atom. The van der Waals surface area contributed by atoms with Crippen molar-refractivity contribution in [2.45, 2.75) is 13.3 Å². The van der Waals surface area contributed by atoms with Crippen molar-refractivity contribution in [3.8, 4) is 17.0 Å². The Balaban J connectivity index is 1.70. The smallest absolute Gasteiger partial charge is 0.227 e. The average Bonchev–Trinajstić information content (AvgIpc) is 3.19. The molecule has 152 valence electrons. The Hall–Kier alpha value is -3.58. The van der Waals surface area contributed by atoms with Crippen LogP contribution in [0.5, 0.6) is 5.75 Å². The predicted octanol–water partition coefficient (Wildman–Crippen LogP) is 5.38. The standard InChI is InChI=1S/C22H20ClN5O2/c1-3-20(29)26-13-8-9-19(30-2)18(10-13)27-22-25-12-16(23)21(28-22)15-11-24-17-7-5-4-6-14(15)17/h4-12,24H,3H2,1-2H3,(H,26,29)(H,25,27,28). The van der Waals surface area contributed by atoms with Gasteiger partial charge < -0.3 is 20.4 Å². The molecule has 8 heteroatoms. The Kier molecular flexibility index (Phi) is 5.54. The van der Waals surface area contributed by atoms with Crippen LogP contribution in [0, 0.1) is 0 Å². The molecule has 0 saturated heterocycles. The maximum Gasteiger partial charge on any atom is 0.227 e. The van der Waals surface area contributed by atoms with Crippen LogP contribution in [-0.2, 0) is 4.79 Å². The van der Waals surface area contributed by atoms with Gasteiger partial charge in [0.25, 0.3) is 0 Å². The summed E-state index contributed by atoms with van der Waals surface area (Å²) in [4.78, 5) is 23.9. The molecule has 0 unspecified atom stereocenters. The van der Waals surface area contributed by atoms with E-state index in [-0.39, 0.29) is 5.91 Å². The number of ether oxygens (including phenoxy) is 1. The number of halogens is 1. The summed E-state index contributed by atoms with van der Waals surface area (Å²) in [6, 6.07) is 13.3. The zero-order chi connectivity index (χ0) is 21.1. The number of para-hydroxylation sites is 1. The molecule has 0 aliphatic carbocycles. The molecule has 30 heavy (non-hydrogen) atoms. The minimum Gasteiger partial charge on any atom is -0.495 e. The van der Waals surface area contributed by atoms with Crippen molar-refractivity contribution in [2.75, 3.05) is 17.7 Å². The van der Waals surface area contributed by atoms with Crippen molar-refractivity contribution in [1.29, 1.82) is 0 Å². The summed E-state index contributed by atoms with van der Waals surface area (Å²) in [5, 5.41) is 7.46. The zero-order valence-corrected chi connectivity index (χ0v) is 17.2. The number of hydrogen-bond donors (Lipinski definition) is 3. The maximum absolute atomic E-state index is 11.7. The van der Waals surface area contributed by atoms with E-state index in [1.165, 1.54) is 0 Å². The number of methoxy groups -OCH3 is 1. The molecule has 1 amide bonds. The van der Waals surface area contributed by atoms with E-state index in [9.17, 15) is 4.79 Å². The molecule has 0 radical (unpaired) electrons. The van der Waals surface area contributed by atoms with Crippen LogP contribution in [0.15, 0.2) is 54.9 Å². The van der Waals surface area contributed by atoms with Crippen LogP contribution in [0.4, 0.5) is 17.3 Å². The summed E-state index contributed by atoms with van der Waals surface area (Å²) in [7, 11) is 1.57. The molecule has 7 nitrogen and oxygen atoms in total. The number of amides is 1. The van der Waals surface area contributed by atoms with E-state index < -0.39 is 0 Å². The van der Waals surface area contributed by atoms with E-state index in [0.717, 1.165) is 16.5 Å². The Labute approximate surface area is 178 Å². The first-order valence-corrected chi connectivity index (χ1v) is 9.80. The number of fused-ring (bicyclic) bond motifs is 1. The van der Waals surface area contributed by atoms with Crippen LogP contribution in [0.25, 0.3) is 22.2 Å². The highest BCUT2D eigenvalue weighted by Crippen LogP contribution is 2.34. The number of carbonyl (C=O) groups excluding carboxylic acids is 1. The number of rotatable bonds is 6. The van der Waals surface area contributed by atoms with Crippen LogP contribution in [0.1, 0.15) is 13.3 Å². The Morgan fingerprint density at radius 3 is 2.87 bits per heavy atom. The molecule has 0 atom stereocenters. The largest absolute Gasteiger partial charge is 0.495 e. The monoisotopic (exact) mass is 421 g/mol. The lowest BCUT2D eigenvalue weighted by Gasteiger charge is -2.13. The van der Waals surface area contributed by atoms with E-state index in [2.05, 4.69) is 25.6 Å². The number of nitrogens with one attached hydrogen (secondary N) is 3. The van der Waals surface area contributed by atoms with Crippen LogP contribution >= 0.6 is 11.6 Å². The number of H-pyrrole nitrogens is 1. The van der Waals surface area contributed by atoms with Gasteiger partial charge in [0.2, 0.25) is 11.9 Å². The van der Waals surface area contributed by atoms with E-state index in [1.54, 1.807) is 38.4 Å². The van der Waals surface area contributed by atoms with Crippen molar-refractivity contribution in [3.05, 3.63) is 59.9 Å². The minimum atomic E-state index is -0.0736. The predicted molar refractivity (Wildman–Crippen MR) is 120 cm³/mol. The molecule has 0 spiro atoms. The summed E-state index contributed by atoms with van der Waals surface area (Å²) in [6.07, 6.45) is 3.83. The van der Waals surface area contributed by atoms with Gasteiger partial charge in [0, 0.05) is 34.8 Å². The van der Waals surface area contributed by atoms with Gasteiger partial charge in [0.05, 0.1) is 29.7 Å². The Morgan fingerprint density at radius 1 is 1.23 bits per heavy atom. The second kappa shape index (κ2) is 8.42. The molecule has 2 aromatic carbocycles. The number of carbonyl (C=O) groups is 1. The SMILES string of the molecule is CCC(=O)Nc1ccc(OC)c(Nc2ncc(Cl)c(-c3c[nH]c4ccccc34)n2)c1. The lowest BCUT2D eigenvalue weighted by atomic mass is 10.1. The number of nitrogens with zero attached hydrogens (tertiary/aromatic N) is 2. The summed E-state index contributed by atoms with van der Waals surface area (Å²) in [6.45, 7) is 1.80. The highest BCUT2D eigenvalue weighted by molar-refractivity contribution is 6.33. The van der Waals surface area contributed by atoms with Gasteiger partial charge in [-0.05, 0) is 24.3 Å². The fourth-order valence-corrected chi connectivity index (χ4v) is 3.33. The Bertz CT molecular complexity index is 1220. The van der Waals surface area contributed by atoms with Crippen LogP contribution in [-0.4, -0.2) is 28.0 Å². The van der Waals surface area contributed by atoms with Crippen LogP contribution < -0.4 is 15.4 Å². The molecule has 2 heterocycles. The highest BCUT2D eigenvalue weighted by atomic mass is 35.5. The van der Waals surface area contributed by atoms with E-state index >= 15 is 0 Å². The van der Waals surface area contributed by atoms with E-state index in [0.29, 0.717) is 40.2 Å². The third-order valence-corrected chi connectivity index (χ3v) is 4.92. The van der Waals surface area contributed by atoms with Crippen molar-refractivity contribution in [3.63, 3.8) is 0 Å². The molecule has 4 rings (SSSR count). The fourth-order valence-electron chi connectivity index (χ4n) is 3.14. The van der Waals surface area contributed by atoms with E-state index in [4.69, 9.17) is 16.3 Å². The fraction of sp³-hybridized carbons (Fsp3) is 0.136. The van der Waals surface area contributed by atoms with Gasteiger partial charge in [-0.15, -0.1) is 0 Å². The number of hydrogen-bond acceptors (Lipinski definition) is 5.